The molecule has 0 unspecified atom stereocenters. The Bertz CT molecular complexity index is 488. The van der Waals surface area contributed by atoms with Gasteiger partial charge in [-0.15, -0.1) is 0 Å². The fourth-order valence-electron chi connectivity index (χ4n) is 2.18. The first kappa shape index (κ1) is 16.5. The second-order valence-corrected chi connectivity index (χ2v) is 5.23. The van der Waals surface area contributed by atoms with Gasteiger partial charge < -0.3 is 4.90 Å². The lowest BCUT2D eigenvalue weighted by molar-refractivity contribution is -0.138. The Morgan fingerprint density at radius 2 is 1.65 bits per heavy atom. The van der Waals surface area contributed by atoms with Crippen molar-refractivity contribution in [2.45, 2.75) is 52.9 Å². The summed E-state index contributed by atoms with van der Waals surface area (Å²) in [6.07, 6.45) is -4.45. The van der Waals surface area contributed by atoms with Gasteiger partial charge in [0.1, 0.15) is 5.69 Å². The minimum absolute atomic E-state index is 0.0397. The molecular weight excluding hydrogens is 269 g/mol. The SMILES string of the molecule is Cc1nc(C(=O)N(C(C)C)C(C)C)ccc1C(F)(F)F. The highest BCUT2D eigenvalue weighted by Gasteiger charge is 2.33. The highest BCUT2D eigenvalue weighted by atomic mass is 19.4. The van der Waals surface area contributed by atoms with Gasteiger partial charge in [0, 0.05) is 12.1 Å². The van der Waals surface area contributed by atoms with Gasteiger partial charge >= 0.3 is 6.18 Å². The summed E-state index contributed by atoms with van der Waals surface area (Å²) < 4.78 is 38.0. The van der Waals surface area contributed by atoms with E-state index in [4.69, 9.17) is 0 Å². The first-order chi connectivity index (χ1) is 9.05. The Labute approximate surface area is 116 Å². The summed E-state index contributed by atoms with van der Waals surface area (Å²) in [5, 5.41) is 0. The maximum absolute atomic E-state index is 12.7. The zero-order valence-electron chi connectivity index (χ0n) is 12.2. The number of aryl methyl sites for hydroxylation is 1. The normalized spacial score (nSPS) is 12.1. The molecule has 0 spiro atoms. The summed E-state index contributed by atoms with van der Waals surface area (Å²) in [5.74, 6) is -0.355. The standard InChI is InChI=1S/C14H19F3N2O/c1-8(2)19(9(3)4)13(20)12-7-6-11(10(5)18-12)14(15,16)17/h6-9H,1-5H3. The quantitative estimate of drug-likeness (QED) is 0.850. The number of carbonyl (C=O) groups excluding carboxylic acids is 1. The number of hydrogen-bond acceptors (Lipinski definition) is 2. The predicted molar refractivity (Wildman–Crippen MR) is 70.4 cm³/mol. The molecule has 0 saturated heterocycles. The third kappa shape index (κ3) is 3.49. The van der Waals surface area contributed by atoms with Crippen molar-refractivity contribution in [3.8, 4) is 0 Å². The van der Waals surface area contributed by atoms with Gasteiger partial charge in [0.2, 0.25) is 0 Å². The number of nitrogens with zero attached hydrogens (tertiary/aromatic N) is 2. The molecular formula is C14H19F3N2O. The van der Waals surface area contributed by atoms with Crippen LogP contribution in [0, 0.1) is 6.92 Å². The second kappa shape index (κ2) is 5.81. The van der Waals surface area contributed by atoms with Gasteiger partial charge in [-0.3, -0.25) is 4.79 Å². The molecule has 0 aliphatic carbocycles. The first-order valence-corrected chi connectivity index (χ1v) is 6.43. The van der Waals surface area contributed by atoms with E-state index in [-0.39, 0.29) is 29.4 Å². The molecule has 0 aromatic carbocycles. The molecule has 3 nitrogen and oxygen atoms in total. The van der Waals surface area contributed by atoms with Gasteiger partial charge in [0.25, 0.3) is 5.91 Å². The van der Waals surface area contributed by atoms with E-state index < -0.39 is 11.7 Å². The third-order valence-corrected chi connectivity index (χ3v) is 2.96. The van der Waals surface area contributed by atoms with E-state index in [0.29, 0.717) is 0 Å². The van der Waals surface area contributed by atoms with E-state index >= 15 is 0 Å². The smallest absolute Gasteiger partial charge is 0.332 e. The lowest BCUT2D eigenvalue weighted by Gasteiger charge is -2.30. The van der Waals surface area contributed by atoms with Crippen molar-refractivity contribution < 1.29 is 18.0 Å². The van der Waals surface area contributed by atoms with Crippen molar-refractivity contribution in [1.29, 1.82) is 0 Å². The number of rotatable bonds is 3. The van der Waals surface area contributed by atoms with Gasteiger partial charge in [0.15, 0.2) is 0 Å². The third-order valence-electron chi connectivity index (χ3n) is 2.96. The van der Waals surface area contributed by atoms with Crippen molar-refractivity contribution in [3.63, 3.8) is 0 Å². The van der Waals surface area contributed by atoms with Gasteiger partial charge in [0.05, 0.1) is 11.3 Å². The number of amides is 1. The molecule has 0 saturated carbocycles. The molecule has 1 aromatic heterocycles. The molecule has 0 bridgehead atoms. The average molecular weight is 288 g/mol. The van der Waals surface area contributed by atoms with Crippen LogP contribution in [-0.4, -0.2) is 27.9 Å². The lowest BCUT2D eigenvalue weighted by atomic mass is 10.1. The molecule has 1 aromatic rings. The van der Waals surface area contributed by atoms with Crippen LogP contribution in [0.1, 0.15) is 49.4 Å². The maximum Gasteiger partial charge on any atom is 0.418 e. The van der Waals surface area contributed by atoms with Crippen LogP contribution in [0.2, 0.25) is 0 Å². The van der Waals surface area contributed by atoms with Gasteiger partial charge in [-0.05, 0) is 46.8 Å². The molecule has 0 fully saturated rings. The molecule has 0 radical (unpaired) electrons. The maximum atomic E-state index is 12.7. The van der Waals surface area contributed by atoms with Crippen LogP contribution in [-0.2, 0) is 6.18 Å². The molecule has 0 N–H and O–H groups in total. The van der Waals surface area contributed by atoms with Crippen LogP contribution in [0.5, 0.6) is 0 Å². The van der Waals surface area contributed by atoms with Crippen LogP contribution in [0.3, 0.4) is 0 Å². The molecule has 1 amide bonds. The van der Waals surface area contributed by atoms with Crippen LogP contribution in [0.15, 0.2) is 12.1 Å². The monoisotopic (exact) mass is 288 g/mol. The Kier molecular flexibility index (Phi) is 4.78. The summed E-state index contributed by atoms with van der Waals surface area (Å²) >= 11 is 0. The second-order valence-electron chi connectivity index (χ2n) is 5.23. The van der Waals surface area contributed by atoms with Gasteiger partial charge in [-0.1, -0.05) is 0 Å². The van der Waals surface area contributed by atoms with E-state index in [9.17, 15) is 18.0 Å². The summed E-state index contributed by atoms with van der Waals surface area (Å²) in [6, 6.07) is 1.95. The van der Waals surface area contributed by atoms with E-state index in [2.05, 4.69) is 4.98 Å². The van der Waals surface area contributed by atoms with Crippen molar-refractivity contribution in [3.05, 3.63) is 29.1 Å². The number of aromatic nitrogens is 1. The summed E-state index contributed by atoms with van der Waals surface area (Å²) in [6.45, 7) is 8.68. The Hall–Kier alpha value is -1.59. The molecule has 0 atom stereocenters. The highest BCUT2D eigenvalue weighted by Crippen LogP contribution is 2.31. The van der Waals surface area contributed by atoms with E-state index in [1.165, 1.54) is 6.92 Å². The Morgan fingerprint density at radius 1 is 1.15 bits per heavy atom. The molecule has 20 heavy (non-hydrogen) atoms. The number of pyridine rings is 1. The van der Waals surface area contributed by atoms with Crippen LogP contribution >= 0.6 is 0 Å². The lowest BCUT2D eigenvalue weighted by Crippen LogP contribution is -2.42. The summed E-state index contributed by atoms with van der Waals surface area (Å²) in [5.41, 5.74) is -0.955. The zero-order valence-corrected chi connectivity index (χ0v) is 12.2. The van der Waals surface area contributed by atoms with E-state index in [0.717, 1.165) is 12.1 Å². The molecule has 0 aliphatic heterocycles. The van der Waals surface area contributed by atoms with Gasteiger partial charge in [-0.25, -0.2) is 4.98 Å². The number of hydrogen-bond donors (Lipinski definition) is 0. The van der Waals surface area contributed by atoms with Crippen LogP contribution < -0.4 is 0 Å². The number of halogens is 3. The van der Waals surface area contributed by atoms with Crippen molar-refractivity contribution in [2.24, 2.45) is 0 Å². The predicted octanol–water partition coefficient (Wildman–Crippen LogP) is 3.67. The summed E-state index contributed by atoms with van der Waals surface area (Å²) in [7, 11) is 0. The van der Waals surface area contributed by atoms with E-state index in [1.807, 2.05) is 27.7 Å². The largest absolute Gasteiger partial charge is 0.418 e. The zero-order chi connectivity index (χ0) is 15.7. The molecule has 1 heterocycles. The molecule has 6 heteroatoms. The molecule has 0 aliphatic rings. The summed E-state index contributed by atoms with van der Waals surface area (Å²) in [4.78, 5) is 17.7. The van der Waals surface area contributed by atoms with Gasteiger partial charge in [-0.2, -0.15) is 13.2 Å². The Balaban J connectivity index is 3.16. The number of carbonyl (C=O) groups is 1. The first-order valence-electron chi connectivity index (χ1n) is 6.43. The minimum atomic E-state index is -4.45. The Morgan fingerprint density at radius 3 is 2.00 bits per heavy atom. The number of alkyl halides is 3. The van der Waals surface area contributed by atoms with Crippen molar-refractivity contribution in [1.82, 2.24) is 9.88 Å². The topological polar surface area (TPSA) is 33.2 Å². The van der Waals surface area contributed by atoms with E-state index in [1.54, 1.807) is 4.90 Å². The minimum Gasteiger partial charge on any atom is -0.332 e. The highest BCUT2D eigenvalue weighted by molar-refractivity contribution is 5.92. The fraction of sp³-hybridized carbons (Fsp3) is 0.571. The molecule has 1 rings (SSSR count). The van der Waals surface area contributed by atoms with Crippen LogP contribution in [0.25, 0.3) is 0 Å². The van der Waals surface area contributed by atoms with Crippen molar-refractivity contribution in [2.75, 3.05) is 0 Å². The molecule has 112 valence electrons. The fourth-order valence-corrected chi connectivity index (χ4v) is 2.18. The van der Waals surface area contributed by atoms with Crippen LogP contribution in [0.4, 0.5) is 13.2 Å². The van der Waals surface area contributed by atoms with Crippen molar-refractivity contribution >= 4 is 5.91 Å². The average Bonchev–Trinajstić information content (AvgIpc) is 2.25.